The highest BCUT2D eigenvalue weighted by atomic mass is 31.2. The van der Waals surface area contributed by atoms with Crippen LogP contribution in [0, 0.1) is 0 Å². The van der Waals surface area contributed by atoms with E-state index in [-0.39, 0.29) is 96.3 Å². The molecule has 46 heteroatoms. The molecule has 0 radical (unpaired) electrons. The molecule has 18 atom stereocenters. The summed E-state index contributed by atoms with van der Waals surface area (Å²) in [7, 11) is -14.8. The Labute approximate surface area is 612 Å². The molecule has 3 fully saturated rings. The van der Waals surface area contributed by atoms with Crippen LogP contribution in [0.2, 0.25) is 0 Å². The molecule has 3 rings (SSSR count). The van der Waals surface area contributed by atoms with Gasteiger partial charge in [0.1, 0.15) is 84.6 Å². The first kappa shape index (κ1) is 96.0. The van der Waals surface area contributed by atoms with E-state index in [0.29, 0.717) is 51.4 Å². The maximum atomic E-state index is 13.6. The fourth-order valence-corrected chi connectivity index (χ4v) is 12.6. The van der Waals surface area contributed by atoms with Crippen molar-refractivity contribution in [3.63, 3.8) is 0 Å². The Morgan fingerprint density at radius 1 is 0.387 bits per heavy atom. The first-order valence-corrected chi connectivity index (χ1v) is 39.2. The van der Waals surface area contributed by atoms with Crippen LogP contribution >= 0.6 is 23.5 Å². The zero-order valence-corrected chi connectivity index (χ0v) is 62.2. The van der Waals surface area contributed by atoms with Crippen LogP contribution in [0.15, 0.2) is 0 Å². The van der Waals surface area contributed by atoms with Gasteiger partial charge < -0.3 is 125 Å². The standard InChI is InChI=1S/C60H109N6O37P3/c1-38(70)62-49-55(81)52(78)43(35-67)100-58(49)92-25-10-4-5-11-27-95-104(85,86)96-30-22-66(48(77)18-20-61-46(75)19-28-91-33-34-94-60-51(64-40(3)72)57(83)54(80)45(37-69)102-60)23-31-98-105(87,88)97-29-21-65(24-32-99-106(89,90)103-84)47(76)17-16-42(74)14-8-6-7-13-41(73)15-9-12-26-93-59-50(63-39(2)71)56(82)53(79)44(36-68)101-59/h43-45,49-60,67-69,78-84H,4-37H2,1-3H3,(H,61,75)(H,62,70)(H,63,71)(H,64,72)(H,85,86)(H,87,88)(H,89,90)/t43-,44-,45-,49-,50-,51-,52+,53+,54+,55-,56-,57-,58-,59-,60-/m1/s1. The van der Waals surface area contributed by atoms with Crippen molar-refractivity contribution < 1.29 is 178 Å². The van der Waals surface area contributed by atoms with Crippen molar-refractivity contribution in [1.82, 2.24) is 31.1 Å². The molecule has 3 aliphatic rings. The number of aliphatic hydroxyl groups excluding tert-OH is 9. The molecule has 43 nitrogen and oxygen atoms in total. The predicted octanol–water partition coefficient (Wildman–Crippen LogP) is -4.09. The third kappa shape index (κ3) is 37.7. The summed E-state index contributed by atoms with van der Waals surface area (Å²) in [6, 6.07) is -3.44. The van der Waals surface area contributed by atoms with Crippen LogP contribution in [0.3, 0.4) is 0 Å². The number of carbonyl (C=O) groups excluding carboxylic acids is 8. The minimum absolute atomic E-state index is 0.0447. The van der Waals surface area contributed by atoms with Gasteiger partial charge in [0.2, 0.25) is 35.4 Å². The SMILES string of the molecule is CC(=O)N[C@H]1[C@H](OCCCCCCOP(=O)(O)OCCN(CCOP(=O)(O)OCCN(CCOP(=O)(O)OO)C(=O)CCC(=O)CCCCCC(=O)CCCCO[C@@H]2O[C@H](CO)[C@H](O)[C@H](O)[C@H]2NC(C)=O)C(=O)CCNC(=O)CCOCCO[C@@H]2O[C@H](CO)[C@H](O)[C@H](O)[C@H]2NC(C)=O)O[C@H](CO)[C@H](O)[C@@H]1O. The molecule has 0 aliphatic carbocycles. The van der Waals surface area contributed by atoms with Gasteiger partial charge in [0.05, 0.1) is 72.7 Å². The highest BCUT2D eigenvalue weighted by Crippen LogP contribution is 2.45. The first-order chi connectivity index (χ1) is 50.2. The van der Waals surface area contributed by atoms with Gasteiger partial charge in [-0.3, -0.25) is 61.0 Å². The Morgan fingerprint density at radius 2 is 0.726 bits per heavy atom. The Bertz CT molecular complexity index is 2790. The van der Waals surface area contributed by atoms with Gasteiger partial charge in [-0.1, -0.05) is 19.3 Å². The van der Waals surface area contributed by atoms with E-state index in [1.807, 2.05) is 0 Å². The molecular formula is C60H109N6O37P3. The van der Waals surface area contributed by atoms with Gasteiger partial charge in [-0.15, -0.1) is 4.67 Å². The molecule has 17 N–H and O–H groups in total. The van der Waals surface area contributed by atoms with E-state index in [1.165, 1.54) is 20.8 Å². The molecule has 3 heterocycles. The smallest absolute Gasteiger partial charge is 0.394 e. The van der Waals surface area contributed by atoms with Crippen LogP contribution < -0.4 is 21.3 Å². The molecule has 3 saturated heterocycles. The second-order valence-corrected chi connectivity index (χ2v) is 29.1. The van der Waals surface area contributed by atoms with Gasteiger partial charge in [0.15, 0.2) is 18.9 Å². The lowest BCUT2D eigenvalue weighted by molar-refractivity contribution is -0.272. The number of phosphoric ester groups is 3. The molecule has 6 amide bonds. The lowest BCUT2D eigenvalue weighted by atomic mass is 9.97. The highest BCUT2D eigenvalue weighted by molar-refractivity contribution is 7.47. The number of carbonyl (C=O) groups is 8. The fourth-order valence-electron chi connectivity index (χ4n) is 10.8. The number of amides is 6. The Kier molecular flexibility index (Phi) is 46.5. The van der Waals surface area contributed by atoms with E-state index < -0.39 is 236 Å². The van der Waals surface area contributed by atoms with Gasteiger partial charge >= 0.3 is 23.5 Å². The second-order valence-electron chi connectivity index (χ2n) is 24.8. The predicted molar refractivity (Wildman–Crippen MR) is 358 cm³/mol. The number of nitrogens with zero attached hydrogens (tertiary/aromatic N) is 2. The molecule has 0 aromatic carbocycles. The third-order valence-electron chi connectivity index (χ3n) is 16.4. The first-order valence-electron chi connectivity index (χ1n) is 34.7. The molecule has 0 aromatic rings. The molecule has 106 heavy (non-hydrogen) atoms. The summed E-state index contributed by atoms with van der Waals surface area (Å²) in [6.07, 6.45) is -13.3. The summed E-state index contributed by atoms with van der Waals surface area (Å²) in [5, 5.41) is 109. The number of rotatable bonds is 57. The van der Waals surface area contributed by atoms with Crippen LogP contribution in [-0.2, 0) is 113 Å². The topological polar surface area (TPSA) is 625 Å². The van der Waals surface area contributed by atoms with Crippen LogP contribution in [0.25, 0.3) is 0 Å². The zero-order chi connectivity index (χ0) is 79.0. The van der Waals surface area contributed by atoms with E-state index in [9.17, 15) is 113 Å². The van der Waals surface area contributed by atoms with Crippen molar-refractivity contribution in [3.05, 3.63) is 0 Å². The monoisotopic (exact) mass is 1600 g/mol. The van der Waals surface area contributed by atoms with Gasteiger partial charge in [-0.05, 0) is 38.5 Å². The van der Waals surface area contributed by atoms with Crippen molar-refractivity contribution >= 4 is 70.5 Å². The van der Waals surface area contributed by atoms with E-state index >= 15 is 0 Å². The average Bonchev–Trinajstić information content (AvgIpc) is 0.820. The van der Waals surface area contributed by atoms with Crippen LogP contribution in [0.5, 0.6) is 0 Å². The summed E-state index contributed by atoms with van der Waals surface area (Å²) in [5.41, 5.74) is 0. The maximum Gasteiger partial charge on any atom is 0.499 e. The molecule has 3 aliphatic heterocycles. The Balaban J connectivity index is 1.50. The second kappa shape index (κ2) is 51.4. The molecule has 3 unspecified atom stereocenters. The summed E-state index contributed by atoms with van der Waals surface area (Å²) in [5.74, 6) is -4.03. The number of hydrogen-bond donors (Lipinski definition) is 17. The number of ketones is 2. The van der Waals surface area contributed by atoms with Crippen LogP contribution in [-0.4, -0.2) is 333 Å². The average molecular weight is 1600 g/mol. The van der Waals surface area contributed by atoms with Crippen molar-refractivity contribution in [3.8, 4) is 0 Å². The van der Waals surface area contributed by atoms with Crippen molar-refractivity contribution in [2.75, 3.05) is 119 Å². The lowest BCUT2D eigenvalue weighted by Gasteiger charge is -2.42. The minimum Gasteiger partial charge on any atom is -0.394 e. The number of ether oxygens (including phenoxy) is 7. The zero-order valence-electron chi connectivity index (χ0n) is 59.5. The quantitative estimate of drug-likeness (QED) is 0.0119. The van der Waals surface area contributed by atoms with E-state index in [1.54, 1.807) is 0 Å². The number of unbranched alkanes of at least 4 members (excludes halogenated alkanes) is 6. The molecule has 0 aromatic heterocycles. The Morgan fingerprint density at radius 3 is 1.12 bits per heavy atom. The van der Waals surface area contributed by atoms with Crippen molar-refractivity contribution in [2.45, 2.75) is 215 Å². The summed E-state index contributed by atoms with van der Waals surface area (Å²) in [4.78, 5) is 133. The van der Waals surface area contributed by atoms with E-state index in [2.05, 4.69) is 30.5 Å². The Hall–Kier alpha value is -4.19. The number of aliphatic hydroxyl groups is 9. The number of nitrogens with one attached hydrogen (secondary N) is 4. The van der Waals surface area contributed by atoms with E-state index in [0.717, 1.165) is 9.80 Å². The van der Waals surface area contributed by atoms with Crippen molar-refractivity contribution in [2.24, 2.45) is 0 Å². The van der Waals surface area contributed by atoms with Gasteiger partial charge in [0, 0.05) is 112 Å². The van der Waals surface area contributed by atoms with E-state index in [4.69, 9.17) is 56.5 Å². The summed E-state index contributed by atoms with van der Waals surface area (Å²) >= 11 is 0. The molecule has 616 valence electrons. The normalized spacial score (nSPS) is 26.3. The molecule has 0 saturated carbocycles. The fraction of sp³-hybridized carbons (Fsp3) is 0.867. The number of phosphoric acid groups is 3. The largest absolute Gasteiger partial charge is 0.499 e. The third-order valence-corrected chi connectivity index (χ3v) is 19.2. The van der Waals surface area contributed by atoms with Crippen molar-refractivity contribution in [1.29, 1.82) is 0 Å². The lowest BCUT2D eigenvalue weighted by Crippen LogP contribution is -2.64. The molecule has 0 bridgehead atoms. The summed E-state index contributed by atoms with van der Waals surface area (Å²) in [6.45, 7) is -4.02. The van der Waals surface area contributed by atoms with Gasteiger partial charge in [0.25, 0.3) is 0 Å². The van der Waals surface area contributed by atoms with Gasteiger partial charge in [-0.2, -0.15) is 0 Å². The van der Waals surface area contributed by atoms with Crippen LogP contribution in [0.1, 0.15) is 124 Å². The maximum absolute atomic E-state index is 13.6. The number of Topliss-reactive ketones (excluding diaryl/α,β-unsaturated/α-hetero) is 2. The molecular weight excluding hydrogens is 1490 g/mol. The molecule has 0 spiro atoms. The van der Waals surface area contributed by atoms with Crippen LogP contribution in [0.4, 0.5) is 0 Å². The summed E-state index contributed by atoms with van der Waals surface area (Å²) < 4.78 is 105. The highest BCUT2D eigenvalue weighted by Gasteiger charge is 2.48. The van der Waals surface area contributed by atoms with Gasteiger partial charge in [-0.25, -0.2) is 19.0 Å². The minimum atomic E-state index is -5.05. The number of hydrogen-bond acceptors (Lipinski definition) is 34.